The molecule has 1 heterocycles. The summed E-state index contributed by atoms with van der Waals surface area (Å²) in [7, 11) is 0. The minimum absolute atomic E-state index is 0.0242. The zero-order chi connectivity index (χ0) is 13.3. The second-order valence-electron chi connectivity index (χ2n) is 3.74. The lowest BCUT2D eigenvalue weighted by atomic mass is 10.1. The number of hydrogen-bond acceptors (Lipinski definition) is 5. The van der Waals surface area contributed by atoms with Gasteiger partial charge >= 0.3 is 0 Å². The number of hydrogen-bond donors (Lipinski definition) is 0. The Morgan fingerprint density at radius 2 is 2.22 bits per heavy atom. The molecular formula is C10H10ClN5O2. The van der Waals surface area contributed by atoms with Crippen molar-refractivity contribution in [2.24, 2.45) is 0 Å². The molecule has 2 aromatic rings. The first-order chi connectivity index (χ1) is 8.52. The van der Waals surface area contributed by atoms with Crippen LogP contribution in [0.25, 0.3) is 5.69 Å². The Morgan fingerprint density at radius 1 is 1.50 bits per heavy atom. The maximum atomic E-state index is 10.9. The normalized spacial score (nSPS) is 12.4. The molecule has 1 aromatic carbocycles. The van der Waals surface area contributed by atoms with E-state index < -0.39 is 10.3 Å². The molecule has 0 aliphatic rings. The van der Waals surface area contributed by atoms with Crippen molar-refractivity contribution >= 4 is 17.3 Å². The summed E-state index contributed by atoms with van der Waals surface area (Å²) in [4.78, 5) is 10.4. The fraction of sp³-hybridized carbons (Fsp3) is 0.300. The van der Waals surface area contributed by atoms with Crippen LogP contribution in [-0.2, 0) is 0 Å². The van der Waals surface area contributed by atoms with Gasteiger partial charge in [0.25, 0.3) is 5.69 Å². The van der Waals surface area contributed by atoms with Gasteiger partial charge in [-0.3, -0.25) is 10.1 Å². The van der Waals surface area contributed by atoms with Gasteiger partial charge in [0.05, 0.1) is 21.6 Å². The van der Waals surface area contributed by atoms with Gasteiger partial charge in [-0.2, -0.15) is 4.68 Å². The van der Waals surface area contributed by atoms with E-state index >= 15 is 0 Å². The van der Waals surface area contributed by atoms with E-state index in [2.05, 4.69) is 15.5 Å². The van der Waals surface area contributed by atoms with Crippen LogP contribution in [-0.4, -0.2) is 25.1 Å². The van der Waals surface area contributed by atoms with Crippen molar-refractivity contribution in [2.75, 3.05) is 0 Å². The fourth-order valence-corrected chi connectivity index (χ4v) is 1.79. The Kier molecular flexibility index (Phi) is 3.24. The van der Waals surface area contributed by atoms with Crippen LogP contribution < -0.4 is 0 Å². The Morgan fingerprint density at radius 3 is 2.83 bits per heavy atom. The average Bonchev–Trinajstić information content (AvgIpc) is 2.77. The van der Waals surface area contributed by atoms with E-state index in [0.29, 0.717) is 17.1 Å². The molecule has 0 amide bonds. The van der Waals surface area contributed by atoms with Gasteiger partial charge in [-0.1, -0.05) is 6.07 Å². The Balaban J connectivity index is 2.61. The molecule has 8 heteroatoms. The van der Waals surface area contributed by atoms with Gasteiger partial charge in [-0.05, 0) is 30.3 Å². The van der Waals surface area contributed by atoms with Gasteiger partial charge in [-0.15, -0.1) is 16.7 Å². The highest BCUT2D eigenvalue weighted by atomic mass is 35.5. The molecule has 1 atom stereocenters. The molecule has 0 aliphatic heterocycles. The summed E-state index contributed by atoms with van der Waals surface area (Å²) in [6.07, 6.45) is 0. The Labute approximate surface area is 108 Å². The third kappa shape index (κ3) is 2.04. The van der Waals surface area contributed by atoms with E-state index in [9.17, 15) is 10.1 Å². The maximum Gasteiger partial charge on any atom is 0.274 e. The van der Waals surface area contributed by atoms with Crippen LogP contribution in [0, 0.1) is 17.0 Å². The van der Waals surface area contributed by atoms with E-state index in [1.54, 1.807) is 26.0 Å². The first kappa shape index (κ1) is 12.4. The van der Waals surface area contributed by atoms with Crippen LogP contribution in [0.2, 0.25) is 0 Å². The van der Waals surface area contributed by atoms with Crippen molar-refractivity contribution in [3.05, 3.63) is 39.7 Å². The Hall–Kier alpha value is -2.02. The molecule has 0 radical (unpaired) electrons. The topological polar surface area (TPSA) is 86.7 Å². The summed E-state index contributed by atoms with van der Waals surface area (Å²) in [5.74, 6) is 0.445. The van der Waals surface area contributed by atoms with E-state index in [1.165, 1.54) is 10.7 Å². The quantitative estimate of drug-likeness (QED) is 0.483. The zero-order valence-electron chi connectivity index (χ0n) is 9.74. The lowest BCUT2D eigenvalue weighted by Crippen LogP contribution is -2.06. The van der Waals surface area contributed by atoms with Crippen LogP contribution in [0.4, 0.5) is 5.69 Å². The standard InChI is InChI=1S/C10H10ClN5O2/c1-6-8(4-3-5-9(6)16(17)18)15-10(7(2)11)12-13-14-15/h3-5,7H,1-2H3. The fourth-order valence-electron chi connectivity index (χ4n) is 1.65. The van der Waals surface area contributed by atoms with Crippen LogP contribution in [0.15, 0.2) is 18.2 Å². The minimum Gasteiger partial charge on any atom is -0.258 e. The van der Waals surface area contributed by atoms with Crippen molar-refractivity contribution in [1.29, 1.82) is 0 Å². The molecule has 94 valence electrons. The predicted octanol–water partition coefficient (Wildman–Crippen LogP) is 2.18. The van der Waals surface area contributed by atoms with E-state index in [-0.39, 0.29) is 5.69 Å². The number of halogens is 1. The molecule has 0 fully saturated rings. The van der Waals surface area contributed by atoms with E-state index in [0.717, 1.165) is 0 Å². The molecule has 0 saturated heterocycles. The van der Waals surface area contributed by atoms with Crippen molar-refractivity contribution < 1.29 is 4.92 Å². The first-order valence-electron chi connectivity index (χ1n) is 5.19. The smallest absolute Gasteiger partial charge is 0.258 e. The number of nitro benzene ring substituents is 1. The monoisotopic (exact) mass is 267 g/mol. The van der Waals surface area contributed by atoms with Crippen molar-refractivity contribution in [2.45, 2.75) is 19.2 Å². The summed E-state index contributed by atoms with van der Waals surface area (Å²) >= 11 is 5.96. The molecule has 0 spiro atoms. The minimum atomic E-state index is -0.438. The van der Waals surface area contributed by atoms with Crippen molar-refractivity contribution in [3.8, 4) is 5.69 Å². The molecule has 1 aromatic heterocycles. The summed E-state index contributed by atoms with van der Waals surface area (Å²) in [5, 5.41) is 21.7. The number of alkyl halides is 1. The molecule has 0 bridgehead atoms. The molecule has 18 heavy (non-hydrogen) atoms. The second-order valence-corrected chi connectivity index (χ2v) is 4.40. The highest BCUT2D eigenvalue weighted by Crippen LogP contribution is 2.26. The Bertz CT molecular complexity index is 596. The first-order valence-corrected chi connectivity index (χ1v) is 5.62. The highest BCUT2D eigenvalue weighted by molar-refractivity contribution is 6.20. The maximum absolute atomic E-state index is 10.9. The number of nitro groups is 1. The molecule has 1 unspecified atom stereocenters. The summed E-state index contributed by atoms with van der Waals surface area (Å²) in [6, 6.07) is 4.74. The average molecular weight is 268 g/mol. The number of tetrazole rings is 1. The number of aromatic nitrogens is 4. The molecule has 2 rings (SSSR count). The second kappa shape index (κ2) is 4.69. The third-order valence-corrected chi connectivity index (χ3v) is 2.75. The third-order valence-electron chi connectivity index (χ3n) is 2.55. The summed E-state index contributed by atoms with van der Waals surface area (Å²) < 4.78 is 1.42. The number of benzene rings is 1. The highest BCUT2D eigenvalue weighted by Gasteiger charge is 2.19. The van der Waals surface area contributed by atoms with Crippen molar-refractivity contribution in [3.63, 3.8) is 0 Å². The van der Waals surface area contributed by atoms with Gasteiger partial charge in [0, 0.05) is 6.07 Å². The lowest BCUT2D eigenvalue weighted by Gasteiger charge is -2.08. The number of rotatable bonds is 3. The lowest BCUT2D eigenvalue weighted by molar-refractivity contribution is -0.385. The zero-order valence-corrected chi connectivity index (χ0v) is 10.5. The van der Waals surface area contributed by atoms with Gasteiger partial charge in [0.15, 0.2) is 5.82 Å². The molecular weight excluding hydrogens is 258 g/mol. The van der Waals surface area contributed by atoms with Gasteiger partial charge in [0.1, 0.15) is 0 Å². The molecule has 7 nitrogen and oxygen atoms in total. The van der Waals surface area contributed by atoms with E-state index in [1.807, 2.05) is 0 Å². The van der Waals surface area contributed by atoms with Gasteiger partial charge in [-0.25, -0.2) is 0 Å². The van der Waals surface area contributed by atoms with Crippen LogP contribution >= 0.6 is 11.6 Å². The number of nitrogens with zero attached hydrogens (tertiary/aromatic N) is 5. The van der Waals surface area contributed by atoms with Crippen LogP contribution in [0.1, 0.15) is 23.7 Å². The van der Waals surface area contributed by atoms with Crippen LogP contribution in [0.3, 0.4) is 0 Å². The molecule has 0 N–H and O–H groups in total. The van der Waals surface area contributed by atoms with Gasteiger partial charge < -0.3 is 0 Å². The van der Waals surface area contributed by atoms with E-state index in [4.69, 9.17) is 11.6 Å². The summed E-state index contributed by atoms with van der Waals surface area (Å²) in [6.45, 7) is 3.38. The van der Waals surface area contributed by atoms with Crippen LogP contribution in [0.5, 0.6) is 0 Å². The van der Waals surface area contributed by atoms with Gasteiger partial charge in [0.2, 0.25) is 0 Å². The molecule has 0 saturated carbocycles. The molecule has 0 aliphatic carbocycles. The largest absolute Gasteiger partial charge is 0.274 e. The SMILES string of the molecule is Cc1c(-n2nnnc2C(C)Cl)cccc1[N+](=O)[O-]. The predicted molar refractivity (Wildman–Crippen MR) is 64.8 cm³/mol. The van der Waals surface area contributed by atoms with Crippen molar-refractivity contribution in [1.82, 2.24) is 20.2 Å². The summed E-state index contributed by atoms with van der Waals surface area (Å²) in [5.41, 5.74) is 1.07.